The second-order valence-electron chi connectivity index (χ2n) is 10.8. The van der Waals surface area contributed by atoms with Gasteiger partial charge in [-0.2, -0.15) is 0 Å². The number of primary amides is 1. The molecule has 42 heavy (non-hydrogen) atoms. The predicted molar refractivity (Wildman–Crippen MR) is 153 cm³/mol. The van der Waals surface area contributed by atoms with Crippen molar-refractivity contribution in [1.82, 2.24) is 9.88 Å². The molecule has 3 aliphatic rings. The summed E-state index contributed by atoms with van der Waals surface area (Å²) in [6.07, 6.45) is 5.96. The summed E-state index contributed by atoms with van der Waals surface area (Å²) >= 11 is 0. The largest absolute Gasteiger partial charge is 0.493 e. The number of methoxy groups -OCH3 is 1. The van der Waals surface area contributed by atoms with E-state index in [1.54, 1.807) is 16.9 Å². The number of nitrogens with zero attached hydrogens (tertiary/aromatic N) is 3. The summed E-state index contributed by atoms with van der Waals surface area (Å²) in [6.45, 7) is 2.61. The lowest BCUT2D eigenvalue weighted by Gasteiger charge is -2.24. The fraction of sp³-hybridized carbons (Fsp3) is 0.323. The molecule has 3 N–H and O–H groups in total. The third kappa shape index (κ3) is 4.91. The molecule has 3 aromatic rings. The second kappa shape index (κ2) is 10.8. The number of fused-ring (bicyclic) bond motifs is 2. The van der Waals surface area contributed by atoms with Crippen molar-refractivity contribution in [3.05, 3.63) is 76.5 Å². The van der Waals surface area contributed by atoms with Gasteiger partial charge in [0.1, 0.15) is 5.82 Å². The number of anilines is 2. The van der Waals surface area contributed by atoms with E-state index in [-0.39, 0.29) is 36.3 Å². The first-order valence-electron chi connectivity index (χ1n) is 13.9. The van der Waals surface area contributed by atoms with Gasteiger partial charge in [-0.25, -0.2) is 4.98 Å². The van der Waals surface area contributed by atoms with Crippen molar-refractivity contribution in [3.8, 4) is 11.5 Å². The summed E-state index contributed by atoms with van der Waals surface area (Å²) < 4.78 is 11.8. The molecule has 11 heteroatoms. The van der Waals surface area contributed by atoms with Crippen LogP contribution in [-0.4, -0.2) is 46.7 Å². The molecule has 0 radical (unpaired) electrons. The fourth-order valence-corrected chi connectivity index (χ4v) is 5.98. The smallest absolute Gasteiger partial charge is 0.314 e. The van der Waals surface area contributed by atoms with Crippen LogP contribution < -0.4 is 25.4 Å². The first-order chi connectivity index (χ1) is 20.2. The van der Waals surface area contributed by atoms with Gasteiger partial charge in [0.25, 0.3) is 11.8 Å². The first-order valence-corrected chi connectivity index (χ1v) is 13.9. The number of aromatic nitrogens is 1. The number of rotatable bonds is 7. The van der Waals surface area contributed by atoms with E-state index in [1.165, 1.54) is 12.3 Å². The Morgan fingerprint density at radius 3 is 2.55 bits per heavy atom. The van der Waals surface area contributed by atoms with E-state index in [1.807, 2.05) is 43.3 Å². The lowest BCUT2D eigenvalue weighted by Crippen LogP contribution is -2.30. The number of nitrogens with two attached hydrogens (primary N) is 1. The zero-order valence-electron chi connectivity index (χ0n) is 23.4. The summed E-state index contributed by atoms with van der Waals surface area (Å²) in [5.74, 6) is -1.17. The van der Waals surface area contributed by atoms with Crippen LogP contribution in [0.5, 0.6) is 11.5 Å². The maximum atomic E-state index is 13.7. The van der Waals surface area contributed by atoms with Crippen LogP contribution in [0.25, 0.3) is 0 Å². The number of ether oxygens (including phenoxy) is 2. The number of benzene rings is 2. The molecule has 1 aromatic heterocycles. The van der Waals surface area contributed by atoms with Crippen LogP contribution in [0.4, 0.5) is 11.5 Å². The Hall–Kier alpha value is -4.93. The van der Waals surface area contributed by atoms with Gasteiger partial charge < -0.3 is 30.3 Å². The Morgan fingerprint density at radius 1 is 1.02 bits per heavy atom. The molecule has 6 rings (SSSR count). The topological polar surface area (TPSA) is 144 Å². The molecule has 1 aliphatic carbocycles. The number of hydrogen-bond donors (Lipinski definition) is 2. The summed E-state index contributed by atoms with van der Waals surface area (Å²) in [7, 11) is 1.61. The van der Waals surface area contributed by atoms with Gasteiger partial charge in [-0.1, -0.05) is 12.1 Å². The molecule has 216 valence electrons. The van der Waals surface area contributed by atoms with Gasteiger partial charge in [0.15, 0.2) is 11.5 Å². The monoisotopic (exact) mass is 569 g/mol. The van der Waals surface area contributed by atoms with E-state index >= 15 is 0 Å². The third-order valence-corrected chi connectivity index (χ3v) is 8.13. The zero-order valence-corrected chi connectivity index (χ0v) is 23.4. The van der Waals surface area contributed by atoms with Gasteiger partial charge in [0.2, 0.25) is 0 Å². The van der Waals surface area contributed by atoms with Crippen LogP contribution in [0.2, 0.25) is 0 Å². The Labute approximate surface area is 242 Å². The van der Waals surface area contributed by atoms with Crippen molar-refractivity contribution in [2.45, 2.75) is 57.8 Å². The van der Waals surface area contributed by atoms with Gasteiger partial charge in [0, 0.05) is 47.7 Å². The van der Waals surface area contributed by atoms with Gasteiger partial charge in [0.05, 0.1) is 19.3 Å². The lowest BCUT2D eigenvalue weighted by atomic mass is 10.0. The highest BCUT2D eigenvalue weighted by molar-refractivity contribution is 6.39. The van der Waals surface area contributed by atoms with Gasteiger partial charge in [-0.3, -0.25) is 19.2 Å². The molecule has 11 nitrogen and oxygen atoms in total. The Balaban J connectivity index is 1.19. The summed E-state index contributed by atoms with van der Waals surface area (Å²) in [6, 6.07) is 12.6. The van der Waals surface area contributed by atoms with Crippen LogP contribution >= 0.6 is 0 Å². The number of pyridine rings is 1. The van der Waals surface area contributed by atoms with E-state index < -0.39 is 11.8 Å². The lowest BCUT2D eigenvalue weighted by molar-refractivity contribution is -0.134. The Morgan fingerprint density at radius 2 is 1.81 bits per heavy atom. The number of nitrogens with one attached hydrogen (secondary N) is 1. The minimum Gasteiger partial charge on any atom is -0.493 e. The van der Waals surface area contributed by atoms with E-state index in [2.05, 4.69) is 10.3 Å². The third-order valence-electron chi connectivity index (χ3n) is 8.13. The molecule has 0 bridgehead atoms. The van der Waals surface area contributed by atoms with Crippen LogP contribution in [0.3, 0.4) is 0 Å². The number of hydrogen-bond acceptors (Lipinski definition) is 7. The molecule has 1 atom stereocenters. The molecule has 0 spiro atoms. The predicted octanol–water partition coefficient (Wildman–Crippen LogP) is 3.71. The fourth-order valence-electron chi connectivity index (χ4n) is 5.98. The van der Waals surface area contributed by atoms with Crippen LogP contribution in [0, 0.1) is 0 Å². The normalized spacial score (nSPS) is 17.8. The molecule has 2 aliphatic heterocycles. The van der Waals surface area contributed by atoms with Gasteiger partial charge in [-0.05, 0) is 68.0 Å². The summed E-state index contributed by atoms with van der Waals surface area (Å²) in [4.78, 5) is 57.1. The first kappa shape index (κ1) is 27.3. The van der Waals surface area contributed by atoms with E-state index in [9.17, 15) is 19.2 Å². The minimum atomic E-state index is -1.14. The highest BCUT2D eigenvalue weighted by atomic mass is 16.5. The molecular weight excluding hydrogens is 538 g/mol. The van der Waals surface area contributed by atoms with Crippen molar-refractivity contribution in [2.75, 3.05) is 17.3 Å². The van der Waals surface area contributed by atoms with Crippen molar-refractivity contribution in [3.63, 3.8) is 0 Å². The van der Waals surface area contributed by atoms with Crippen LogP contribution in [0.15, 0.2) is 48.7 Å². The number of carbonyl (C=O) groups is 4. The highest BCUT2D eigenvalue weighted by Gasteiger charge is 2.36. The van der Waals surface area contributed by atoms with E-state index in [4.69, 9.17) is 15.2 Å². The standard InChI is InChI=1S/C31H31N5O6/c1-17-22-9-7-18(15-35-16-19-14-33-27(13-23(19)30(35)39)34-29(38)28(32)37)11-24(22)31(40)36(17)20-8-10-25(41-2)26(12-20)42-21-5-3-4-6-21/h7-14,17,21H,3-6,15-16H2,1-2H3,(H2,32,37)(H,33,34,38). The molecule has 3 heterocycles. The Kier molecular flexibility index (Phi) is 7.01. The molecule has 1 saturated carbocycles. The molecule has 4 amide bonds. The van der Waals surface area contributed by atoms with Crippen LogP contribution in [-0.2, 0) is 22.7 Å². The van der Waals surface area contributed by atoms with Crippen molar-refractivity contribution in [1.29, 1.82) is 0 Å². The highest BCUT2D eigenvalue weighted by Crippen LogP contribution is 2.42. The van der Waals surface area contributed by atoms with Gasteiger partial charge in [-0.15, -0.1) is 0 Å². The summed E-state index contributed by atoms with van der Waals surface area (Å²) in [5.41, 5.74) is 9.12. The van der Waals surface area contributed by atoms with E-state index in [0.717, 1.165) is 42.5 Å². The van der Waals surface area contributed by atoms with Crippen molar-refractivity contribution < 1.29 is 28.7 Å². The Bertz CT molecular complexity index is 1620. The zero-order chi connectivity index (χ0) is 29.5. The SMILES string of the molecule is COc1ccc(N2C(=O)c3cc(CN4Cc5cnc(NC(=O)C(N)=O)cc5C4=O)ccc3C2C)cc1OC1CCCC1. The molecule has 0 saturated heterocycles. The van der Waals surface area contributed by atoms with Gasteiger partial charge >= 0.3 is 11.8 Å². The van der Waals surface area contributed by atoms with Crippen molar-refractivity contribution in [2.24, 2.45) is 5.73 Å². The molecule has 1 unspecified atom stereocenters. The quantitative estimate of drug-likeness (QED) is 0.413. The average molecular weight is 570 g/mol. The molecular formula is C31H31N5O6. The molecule has 2 aromatic carbocycles. The maximum absolute atomic E-state index is 13.7. The second-order valence-corrected chi connectivity index (χ2v) is 10.8. The number of carbonyl (C=O) groups excluding carboxylic acids is 4. The maximum Gasteiger partial charge on any atom is 0.314 e. The summed E-state index contributed by atoms with van der Waals surface area (Å²) in [5, 5.41) is 2.29. The minimum absolute atomic E-state index is 0.0697. The number of amides is 4. The molecule has 1 fully saturated rings. The average Bonchev–Trinajstić information content (AvgIpc) is 3.66. The van der Waals surface area contributed by atoms with Crippen molar-refractivity contribution >= 4 is 35.1 Å². The van der Waals surface area contributed by atoms with Crippen LogP contribution in [0.1, 0.15) is 76.1 Å². The van der Waals surface area contributed by atoms with E-state index in [0.29, 0.717) is 34.7 Å².